The summed E-state index contributed by atoms with van der Waals surface area (Å²) >= 11 is 1.58. The molecule has 1 aromatic rings. The maximum absolute atomic E-state index is 11.8. The number of nitrogens with zero attached hydrogens (tertiary/aromatic N) is 1. The van der Waals surface area contributed by atoms with E-state index in [2.05, 4.69) is 22.5 Å². The highest BCUT2D eigenvalue weighted by Crippen LogP contribution is 2.22. The van der Waals surface area contributed by atoms with Crippen LogP contribution in [0.2, 0.25) is 0 Å². The number of rotatable bonds is 5. The summed E-state index contributed by atoms with van der Waals surface area (Å²) < 4.78 is 0. The zero-order valence-corrected chi connectivity index (χ0v) is 11.6. The van der Waals surface area contributed by atoms with Gasteiger partial charge in [-0.25, -0.2) is 4.98 Å². The highest BCUT2D eigenvalue weighted by Gasteiger charge is 2.21. The molecule has 18 heavy (non-hydrogen) atoms. The van der Waals surface area contributed by atoms with Crippen molar-refractivity contribution in [1.29, 1.82) is 0 Å². The number of aromatic nitrogens is 1. The third-order valence-corrected chi connectivity index (χ3v) is 4.35. The van der Waals surface area contributed by atoms with E-state index in [1.54, 1.807) is 17.5 Å². The van der Waals surface area contributed by atoms with Crippen LogP contribution >= 0.6 is 11.3 Å². The normalized spacial score (nSPS) is 21.5. The summed E-state index contributed by atoms with van der Waals surface area (Å²) in [7, 11) is 0. The Morgan fingerprint density at radius 3 is 3.28 bits per heavy atom. The monoisotopic (exact) mass is 267 g/mol. The molecule has 1 amide bonds. The summed E-state index contributed by atoms with van der Waals surface area (Å²) in [6.07, 6.45) is 4.86. The Morgan fingerprint density at radius 1 is 1.72 bits per heavy atom. The van der Waals surface area contributed by atoms with E-state index in [1.807, 2.05) is 5.38 Å². The van der Waals surface area contributed by atoms with Gasteiger partial charge in [-0.2, -0.15) is 0 Å². The number of carbonyl (C=O) groups excluding carboxylic acids is 1. The van der Waals surface area contributed by atoms with Gasteiger partial charge in [0.2, 0.25) is 5.91 Å². The molecule has 0 spiro atoms. The average molecular weight is 267 g/mol. The van der Waals surface area contributed by atoms with Gasteiger partial charge in [0.05, 0.1) is 6.54 Å². The molecule has 0 radical (unpaired) electrons. The van der Waals surface area contributed by atoms with Crippen molar-refractivity contribution in [2.45, 2.75) is 32.7 Å². The molecule has 1 fully saturated rings. The zero-order chi connectivity index (χ0) is 12.8. The molecule has 4 nitrogen and oxygen atoms in total. The predicted molar refractivity (Wildman–Crippen MR) is 73.3 cm³/mol. The first-order valence-electron chi connectivity index (χ1n) is 6.61. The van der Waals surface area contributed by atoms with E-state index in [1.165, 1.54) is 12.8 Å². The van der Waals surface area contributed by atoms with E-state index in [9.17, 15) is 4.79 Å². The van der Waals surface area contributed by atoms with Gasteiger partial charge in [-0.05, 0) is 37.8 Å². The molecule has 1 aromatic heterocycles. The second-order valence-corrected chi connectivity index (χ2v) is 5.97. The van der Waals surface area contributed by atoms with Crippen LogP contribution in [0.25, 0.3) is 0 Å². The van der Waals surface area contributed by atoms with Crippen molar-refractivity contribution in [2.75, 3.05) is 13.1 Å². The van der Waals surface area contributed by atoms with E-state index in [0.29, 0.717) is 24.8 Å². The van der Waals surface area contributed by atoms with Gasteiger partial charge in [-0.3, -0.25) is 4.79 Å². The highest BCUT2D eigenvalue weighted by atomic mass is 32.1. The molecule has 0 aliphatic carbocycles. The average Bonchev–Trinajstić information content (AvgIpc) is 2.90. The van der Waals surface area contributed by atoms with Gasteiger partial charge in [0.1, 0.15) is 5.01 Å². The van der Waals surface area contributed by atoms with Crippen LogP contribution in [0.15, 0.2) is 11.6 Å². The van der Waals surface area contributed by atoms with Gasteiger partial charge in [0, 0.05) is 18.0 Å². The van der Waals surface area contributed by atoms with Crippen LogP contribution in [-0.4, -0.2) is 24.0 Å². The second-order valence-electron chi connectivity index (χ2n) is 4.99. The van der Waals surface area contributed by atoms with E-state index >= 15 is 0 Å². The number of hydrogen-bond donors (Lipinski definition) is 2. The van der Waals surface area contributed by atoms with Crippen LogP contribution in [-0.2, 0) is 11.3 Å². The SMILES string of the molecule is CC(CC(=O)NCc1nccs1)C1CCCNC1. The molecule has 2 rings (SSSR count). The molecule has 0 aromatic carbocycles. The molecule has 2 heterocycles. The van der Waals surface area contributed by atoms with Crippen molar-refractivity contribution in [3.05, 3.63) is 16.6 Å². The summed E-state index contributed by atoms with van der Waals surface area (Å²) in [6, 6.07) is 0. The quantitative estimate of drug-likeness (QED) is 0.855. The first kappa shape index (κ1) is 13.5. The fraction of sp³-hybridized carbons (Fsp3) is 0.692. The molecule has 0 saturated carbocycles. The van der Waals surface area contributed by atoms with E-state index in [4.69, 9.17) is 0 Å². The Balaban J connectivity index is 1.69. The standard InChI is InChI=1S/C13H21N3OS/c1-10(11-3-2-4-14-8-11)7-12(17)16-9-13-15-5-6-18-13/h5-6,10-11,14H,2-4,7-9H2,1H3,(H,16,17). The third-order valence-electron chi connectivity index (χ3n) is 3.57. The fourth-order valence-corrected chi connectivity index (χ4v) is 2.97. The minimum Gasteiger partial charge on any atom is -0.350 e. The summed E-state index contributed by atoms with van der Waals surface area (Å²) in [5.41, 5.74) is 0. The number of hydrogen-bond acceptors (Lipinski definition) is 4. The van der Waals surface area contributed by atoms with Gasteiger partial charge in [-0.15, -0.1) is 11.3 Å². The minimum absolute atomic E-state index is 0.142. The predicted octanol–water partition coefficient (Wildman–Crippen LogP) is 1.79. The van der Waals surface area contributed by atoms with Gasteiger partial charge in [0.15, 0.2) is 0 Å². The largest absolute Gasteiger partial charge is 0.350 e. The summed E-state index contributed by atoms with van der Waals surface area (Å²) in [5, 5.41) is 9.24. The number of carbonyl (C=O) groups is 1. The first-order chi connectivity index (χ1) is 8.75. The lowest BCUT2D eigenvalue weighted by atomic mass is 9.85. The Bertz CT molecular complexity index is 360. The Hall–Kier alpha value is -0.940. The maximum Gasteiger partial charge on any atom is 0.220 e. The van der Waals surface area contributed by atoms with Crippen molar-refractivity contribution in [1.82, 2.24) is 15.6 Å². The molecular weight excluding hydrogens is 246 g/mol. The molecule has 1 saturated heterocycles. The molecule has 2 unspecified atom stereocenters. The van der Waals surface area contributed by atoms with Crippen LogP contribution < -0.4 is 10.6 Å². The number of nitrogens with one attached hydrogen (secondary N) is 2. The van der Waals surface area contributed by atoms with E-state index in [0.717, 1.165) is 18.1 Å². The van der Waals surface area contributed by atoms with Crippen molar-refractivity contribution in [3.63, 3.8) is 0 Å². The molecule has 1 aliphatic heterocycles. The van der Waals surface area contributed by atoms with Crippen LogP contribution in [0.3, 0.4) is 0 Å². The summed E-state index contributed by atoms with van der Waals surface area (Å²) in [4.78, 5) is 16.0. The lowest BCUT2D eigenvalue weighted by Gasteiger charge is -2.27. The molecule has 5 heteroatoms. The van der Waals surface area contributed by atoms with Crippen LogP contribution in [0.5, 0.6) is 0 Å². The zero-order valence-electron chi connectivity index (χ0n) is 10.8. The smallest absolute Gasteiger partial charge is 0.220 e. The van der Waals surface area contributed by atoms with Crippen molar-refractivity contribution >= 4 is 17.2 Å². The van der Waals surface area contributed by atoms with Crippen molar-refractivity contribution in [2.24, 2.45) is 11.8 Å². The molecule has 2 atom stereocenters. The molecular formula is C13H21N3OS. The maximum atomic E-state index is 11.8. The molecule has 1 aliphatic rings. The van der Waals surface area contributed by atoms with Crippen LogP contribution in [0.4, 0.5) is 0 Å². The molecule has 0 bridgehead atoms. The second kappa shape index (κ2) is 6.85. The van der Waals surface area contributed by atoms with Gasteiger partial charge in [-0.1, -0.05) is 6.92 Å². The number of thiazole rings is 1. The van der Waals surface area contributed by atoms with E-state index < -0.39 is 0 Å². The highest BCUT2D eigenvalue weighted by molar-refractivity contribution is 7.09. The van der Waals surface area contributed by atoms with Crippen LogP contribution in [0.1, 0.15) is 31.2 Å². The number of amides is 1. The number of piperidine rings is 1. The lowest BCUT2D eigenvalue weighted by Crippen LogP contribution is -2.35. The Morgan fingerprint density at radius 2 is 2.61 bits per heavy atom. The Labute approximate surface area is 112 Å². The lowest BCUT2D eigenvalue weighted by molar-refractivity contribution is -0.122. The topological polar surface area (TPSA) is 54.0 Å². The first-order valence-corrected chi connectivity index (χ1v) is 7.49. The minimum atomic E-state index is 0.142. The summed E-state index contributed by atoms with van der Waals surface area (Å²) in [5.74, 6) is 1.24. The Kier molecular flexibility index (Phi) is 5.13. The fourth-order valence-electron chi connectivity index (χ4n) is 2.41. The molecule has 100 valence electrons. The summed E-state index contributed by atoms with van der Waals surface area (Å²) in [6.45, 7) is 4.92. The van der Waals surface area contributed by atoms with Gasteiger partial charge >= 0.3 is 0 Å². The van der Waals surface area contributed by atoms with Gasteiger partial charge in [0.25, 0.3) is 0 Å². The molecule has 2 N–H and O–H groups in total. The van der Waals surface area contributed by atoms with Crippen molar-refractivity contribution < 1.29 is 4.79 Å². The van der Waals surface area contributed by atoms with Crippen molar-refractivity contribution in [3.8, 4) is 0 Å². The van der Waals surface area contributed by atoms with E-state index in [-0.39, 0.29) is 5.91 Å². The third kappa shape index (κ3) is 4.07. The van der Waals surface area contributed by atoms with Gasteiger partial charge < -0.3 is 10.6 Å². The van der Waals surface area contributed by atoms with Crippen LogP contribution in [0, 0.1) is 11.8 Å².